The number of esters is 2. The molecule has 38 heavy (non-hydrogen) atoms. The Morgan fingerprint density at radius 3 is 1.61 bits per heavy atom. The highest BCUT2D eigenvalue weighted by molar-refractivity contribution is 6.13. The molecule has 2 heterocycles. The van der Waals surface area contributed by atoms with Crippen molar-refractivity contribution in [2.24, 2.45) is 5.92 Å². The third-order valence-electron chi connectivity index (χ3n) is 6.65. The summed E-state index contributed by atoms with van der Waals surface area (Å²) in [5.41, 5.74) is 0. The van der Waals surface area contributed by atoms with Gasteiger partial charge in [0, 0.05) is 50.2 Å². The number of hydrogen-bond donors (Lipinski definition) is 0. The SMILES string of the molecule is CCC(CCCCOC(=O)CCCCCN1C(=O)C=CC1=O)COC(=O)CCCCCN1C(=O)C=CC1=O. The maximum Gasteiger partial charge on any atom is 0.305 e. The Morgan fingerprint density at radius 2 is 1.13 bits per heavy atom. The van der Waals surface area contributed by atoms with Gasteiger partial charge in [-0.05, 0) is 50.9 Å². The van der Waals surface area contributed by atoms with Crippen molar-refractivity contribution in [3.05, 3.63) is 24.3 Å². The summed E-state index contributed by atoms with van der Waals surface area (Å²) < 4.78 is 10.7. The molecular formula is C28H40N2O8. The van der Waals surface area contributed by atoms with Crippen LogP contribution in [0.1, 0.15) is 84.0 Å². The fourth-order valence-electron chi connectivity index (χ4n) is 4.22. The summed E-state index contributed by atoms with van der Waals surface area (Å²) in [6.45, 7) is 3.54. The van der Waals surface area contributed by atoms with Crippen molar-refractivity contribution in [2.75, 3.05) is 26.3 Å². The zero-order valence-electron chi connectivity index (χ0n) is 22.4. The van der Waals surface area contributed by atoms with Gasteiger partial charge >= 0.3 is 11.9 Å². The van der Waals surface area contributed by atoms with Crippen molar-refractivity contribution >= 4 is 35.6 Å². The van der Waals surface area contributed by atoms with Gasteiger partial charge in [-0.1, -0.05) is 26.2 Å². The minimum absolute atomic E-state index is 0.234. The molecule has 1 unspecified atom stereocenters. The number of carbonyl (C=O) groups excluding carboxylic acids is 6. The molecule has 0 aromatic carbocycles. The fraction of sp³-hybridized carbons (Fsp3) is 0.643. The van der Waals surface area contributed by atoms with Crippen LogP contribution in [-0.4, -0.2) is 71.7 Å². The lowest BCUT2D eigenvalue weighted by molar-refractivity contribution is -0.146. The van der Waals surface area contributed by atoms with E-state index in [2.05, 4.69) is 6.92 Å². The number of hydrogen-bond acceptors (Lipinski definition) is 8. The van der Waals surface area contributed by atoms with Gasteiger partial charge in [-0.15, -0.1) is 0 Å². The summed E-state index contributed by atoms with van der Waals surface area (Å²) in [6.07, 6.45) is 13.2. The summed E-state index contributed by atoms with van der Waals surface area (Å²) in [5, 5.41) is 0. The Kier molecular flexibility index (Phi) is 14.0. The van der Waals surface area contributed by atoms with Crippen LogP contribution in [0.25, 0.3) is 0 Å². The molecule has 210 valence electrons. The zero-order valence-corrected chi connectivity index (χ0v) is 22.4. The molecule has 0 bridgehead atoms. The summed E-state index contributed by atoms with van der Waals surface area (Å²) in [6, 6.07) is 0. The first-order valence-corrected chi connectivity index (χ1v) is 13.7. The lowest BCUT2D eigenvalue weighted by Gasteiger charge is -2.15. The van der Waals surface area contributed by atoms with E-state index in [0.29, 0.717) is 64.8 Å². The molecule has 10 nitrogen and oxygen atoms in total. The third-order valence-corrected chi connectivity index (χ3v) is 6.65. The number of rotatable bonds is 20. The maximum absolute atomic E-state index is 12.0. The number of nitrogens with zero attached hydrogens (tertiary/aromatic N) is 2. The Bertz CT molecular complexity index is 875. The highest BCUT2D eigenvalue weighted by Crippen LogP contribution is 2.15. The van der Waals surface area contributed by atoms with Crippen molar-refractivity contribution < 1.29 is 38.2 Å². The molecule has 4 amide bonds. The standard InChI is InChI=1S/C28H40N2O8/c1-2-22(21-38-28(36)13-6-4-9-19-30-25(33)16-17-26(30)34)11-7-10-20-37-27(35)12-5-3-8-18-29-23(31)14-15-24(29)32/h14-17,22H,2-13,18-21H2,1H3. The topological polar surface area (TPSA) is 127 Å². The Labute approximate surface area is 224 Å². The van der Waals surface area contributed by atoms with E-state index in [-0.39, 0.29) is 41.5 Å². The first kappa shape index (κ1) is 30.9. The number of amides is 4. The van der Waals surface area contributed by atoms with Gasteiger partial charge < -0.3 is 9.47 Å². The van der Waals surface area contributed by atoms with Crippen LogP contribution in [0, 0.1) is 5.92 Å². The third kappa shape index (κ3) is 11.4. The lowest BCUT2D eigenvalue weighted by Crippen LogP contribution is -2.30. The monoisotopic (exact) mass is 532 g/mol. The average molecular weight is 533 g/mol. The summed E-state index contributed by atoms with van der Waals surface area (Å²) >= 11 is 0. The van der Waals surface area contributed by atoms with Crippen LogP contribution in [0.2, 0.25) is 0 Å². The second kappa shape index (κ2) is 17.3. The van der Waals surface area contributed by atoms with Gasteiger partial charge in [0.1, 0.15) is 0 Å². The van der Waals surface area contributed by atoms with Crippen LogP contribution < -0.4 is 0 Å². The molecule has 1 atom stereocenters. The molecule has 0 fully saturated rings. The van der Waals surface area contributed by atoms with Crippen molar-refractivity contribution in [1.29, 1.82) is 0 Å². The minimum Gasteiger partial charge on any atom is -0.466 e. The molecule has 0 N–H and O–H groups in total. The van der Waals surface area contributed by atoms with E-state index in [1.165, 1.54) is 34.1 Å². The molecule has 2 aliphatic rings. The summed E-state index contributed by atoms with van der Waals surface area (Å²) in [7, 11) is 0. The molecule has 10 heteroatoms. The van der Waals surface area contributed by atoms with E-state index in [1.807, 2.05) is 0 Å². The van der Waals surface area contributed by atoms with Crippen LogP contribution in [0.3, 0.4) is 0 Å². The van der Waals surface area contributed by atoms with Gasteiger partial charge in [0.05, 0.1) is 13.2 Å². The predicted octanol–water partition coefficient (Wildman–Crippen LogP) is 3.24. The Morgan fingerprint density at radius 1 is 0.658 bits per heavy atom. The summed E-state index contributed by atoms with van der Waals surface area (Å²) in [4.78, 5) is 72.2. The number of carbonyl (C=O) groups is 6. The molecule has 2 aliphatic heterocycles. The summed E-state index contributed by atoms with van der Waals surface area (Å²) in [5.74, 6) is -1.34. The second-order valence-corrected chi connectivity index (χ2v) is 9.62. The van der Waals surface area contributed by atoms with Crippen molar-refractivity contribution in [2.45, 2.75) is 84.0 Å². The van der Waals surface area contributed by atoms with Crippen molar-refractivity contribution in [3.8, 4) is 0 Å². The van der Waals surface area contributed by atoms with Gasteiger partial charge in [-0.2, -0.15) is 0 Å². The first-order chi connectivity index (χ1) is 18.3. The highest BCUT2D eigenvalue weighted by atomic mass is 16.5. The molecule has 0 saturated heterocycles. The number of unbranched alkanes of at least 4 members (excludes halogenated alkanes) is 5. The molecule has 2 rings (SSSR count). The van der Waals surface area contributed by atoms with E-state index < -0.39 is 0 Å². The van der Waals surface area contributed by atoms with Crippen LogP contribution in [0.5, 0.6) is 0 Å². The maximum atomic E-state index is 12.0. The molecule has 0 aromatic rings. The number of ether oxygens (including phenoxy) is 2. The minimum atomic E-state index is -0.282. The van der Waals surface area contributed by atoms with Crippen LogP contribution in [-0.2, 0) is 38.2 Å². The quantitative estimate of drug-likeness (QED) is 0.133. The molecular weight excluding hydrogens is 492 g/mol. The molecule has 0 aliphatic carbocycles. The lowest BCUT2D eigenvalue weighted by atomic mass is 10.0. The Balaban J connectivity index is 1.41. The number of imide groups is 2. The zero-order chi connectivity index (χ0) is 27.8. The van der Waals surface area contributed by atoms with Crippen LogP contribution in [0.15, 0.2) is 24.3 Å². The van der Waals surface area contributed by atoms with E-state index in [1.54, 1.807) is 0 Å². The predicted molar refractivity (Wildman–Crippen MR) is 138 cm³/mol. The molecule has 0 saturated carbocycles. The average Bonchev–Trinajstić information content (AvgIpc) is 3.39. The second-order valence-electron chi connectivity index (χ2n) is 9.62. The highest BCUT2D eigenvalue weighted by Gasteiger charge is 2.23. The van der Waals surface area contributed by atoms with E-state index >= 15 is 0 Å². The van der Waals surface area contributed by atoms with E-state index in [9.17, 15) is 28.8 Å². The first-order valence-electron chi connectivity index (χ1n) is 13.7. The van der Waals surface area contributed by atoms with Gasteiger partial charge in [-0.25, -0.2) is 0 Å². The molecule has 0 spiro atoms. The van der Waals surface area contributed by atoms with Crippen molar-refractivity contribution in [1.82, 2.24) is 9.80 Å². The largest absolute Gasteiger partial charge is 0.466 e. The fourth-order valence-corrected chi connectivity index (χ4v) is 4.22. The smallest absolute Gasteiger partial charge is 0.305 e. The molecule has 0 aromatic heterocycles. The van der Waals surface area contributed by atoms with Crippen LogP contribution in [0.4, 0.5) is 0 Å². The van der Waals surface area contributed by atoms with Gasteiger partial charge in [0.15, 0.2) is 0 Å². The normalized spacial score (nSPS) is 15.6. The van der Waals surface area contributed by atoms with E-state index in [4.69, 9.17) is 9.47 Å². The molecule has 0 radical (unpaired) electrons. The van der Waals surface area contributed by atoms with Gasteiger partial charge in [-0.3, -0.25) is 38.6 Å². The van der Waals surface area contributed by atoms with E-state index in [0.717, 1.165) is 38.5 Å². The Hall–Kier alpha value is -3.30. The van der Waals surface area contributed by atoms with Gasteiger partial charge in [0.2, 0.25) is 0 Å². The van der Waals surface area contributed by atoms with Gasteiger partial charge in [0.25, 0.3) is 23.6 Å². The van der Waals surface area contributed by atoms with Crippen molar-refractivity contribution in [3.63, 3.8) is 0 Å². The van der Waals surface area contributed by atoms with Crippen LogP contribution >= 0.6 is 0 Å².